The van der Waals surface area contributed by atoms with Crippen LogP contribution in [-0.4, -0.2) is 6.54 Å². The highest BCUT2D eigenvalue weighted by molar-refractivity contribution is 5.24. The van der Waals surface area contributed by atoms with Crippen LogP contribution in [-0.2, 0) is 11.4 Å². The first-order chi connectivity index (χ1) is 9.40. The summed E-state index contributed by atoms with van der Waals surface area (Å²) in [6, 6.07) is 21.9. The van der Waals surface area contributed by atoms with Crippen molar-refractivity contribution in [3.05, 3.63) is 71.8 Å². The van der Waals surface area contributed by atoms with Gasteiger partial charge < -0.3 is 0 Å². The maximum absolute atomic E-state index is 9.15. The Hall–Kier alpha value is -2.15. The smallest absolute Gasteiger partial charge is 0.0933 e. The molecule has 1 N–H and O–H groups in total. The molecule has 0 spiro atoms. The lowest BCUT2D eigenvalue weighted by molar-refractivity contribution is 0.0271. The number of nitrogens with zero attached hydrogens (tertiary/aromatic N) is 1. The highest BCUT2D eigenvalue weighted by Gasteiger charge is 2.09. The van der Waals surface area contributed by atoms with Gasteiger partial charge in [-0.2, -0.15) is 5.26 Å². The van der Waals surface area contributed by atoms with E-state index in [2.05, 4.69) is 11.5 Å². The van der Waals surface area contributed by atoms with Gasteiger partial charge in [0.05, 0.1) is 18.6 Å². The van der Waals surface area contributed by atoms with Gasteiger partial charge in [0.1, 0.15) is 0 Å². The van der Waals surface area contributed by atoms with E-state index >= 15 is 0 Å². The normalized spacial score (nSPS) is 11.7. The van der Waals surface area contributed by atoms with Crippen LogP contribution < -0.4 is 5.48 Å². The first-order valence-corrected chi connectivity index (χ1v) is 6.23. The molecule has 0 aliphatic heterocycles. The maximum Gasteiger partial charge on any atom is 0.0933 e. The van der Waals surface area contributed by atoms with Crippen LogP contribution in [0.3, 0.4) is 0 Å². The molecular formula is C16H16N2O. The SMILES string of the molecule is N#CC(CNOCc1ccccc1)c1ccccc1. The number of rotatable bonds is 6. The van der Waals surface area contributed by atoms with Gasteiger partial charge in [-0.1, -0.05) is 60.7 Å². The summed E-state index contributed by atoms with van der Waals surface area (Å²) in [7, 11) is 0. The molecule has 2 rings (SSSR count). The van der Waals surface area contributed by atoms with Gasteiger partial charge in [-0.25, -0.2) is 5.48 Å². The van der Waals surface area contributed by atoms with Gasteiger partial charge in [0.25, 0.3) is 0 Å². The molecule has 1 unspecified atom stereocenters. The molecule has 0 aliphatic rings. The summed E-state index contributed by atoms with van der Waals surface area (Å²) in [5, 5.41) is 9.15. The van der Waals surface area contributed by atoms with Crippen molar-refractivity contribution in [3.8, 4) is 6.07 Å². The Morgan fingerprint density at radius 2 is 1.63 bits per heavy atom. The van der Waals surface area contributed by atoms with E-state index in [0.717, 1.165) is 11.1 Å². The van der Waals surface area contributed by atoms with Crippen LogP contribution in [0.25, 0.3) is 0 Å². The minimum absolute atomic E-state index is 0.197. The molecule has 19 heavy (non-hydrogen) atoms. The van der Waals surface area contributed by atoms with Gasteiger partial charge in [-0.15, -0.1) is 0 Å². The van der Waals surface area contributed by atoms with E-state index in [1.165, 1.54) is 0 Å². The molecule has 3 nitrogen and oxygen atoms in total. The maximum atomic E-state index is 9.15. The number of hydrogen-bond acceptors (Lipinski definition) is 3. The number of benzene rings is 2. The fourth-order valence-corrected chi connectivity index (χ4v) is 1.77. The van der Waals surface area contributed by atoms with Crippen LogP contribution in [0.4, 0.5) is 0 Å². The second kappa shape index (κ2) is 7.32. The Morgan fingerprint density at radius 3 is 2.26 bits per heavy atom. The van der Waals surface area contributed by atoms with Crippen molar-refractivity contribution < 1.29 is 4.84 Å². The van der Waals surface area contributed by atoms with Gasteiger partial charge in [-0.3, -0.25) is 4.84 Å². The molecule has 3 heteroatoms. The van der Waals surface area contributed by atoms with E-state index in [1.54, 1.807) is 0 Å². The zero-order valence-electron chi connectivity index (χ0n) is 10.6. The lowest BCUT2D eigenvalue weighted by atomic mass is 10.0. The summed E-state index contributed by atoms with van der Waals surface area (Å²) in [5.74, 6) is -0.197. The van der Waals surface area contributed by atoms with Gasteiger partial charge in [0.15, 0.2) is 0 Å². The molecule has 96 valence electrons. The van der Waals surface area contributed by atoms with Crippen LogP contribution in [0.5, 0.6) is 0 Å². The zero-order chi connectivity index (χ0) is 13.3. The molecule has 1 atom stereocenters. The van der Waals surface area contributed by atoms with Gasteiger partial charge in [0, 0.05) is 6.54 Å². The monoisotopic (exact) mass is 252 g/mol. The van der Waals surface area contributed by atoms with E-state index in [4.69, 9.17) is 10.1 Å². The Balaban J connectivity index is 1.77. The minimum atomic E-state index is -0.197. The number of nitriles is 1. The predicted molar refractivity (Wildman–Crippen MR) is 74.0 cm³/mol. The molecule has 2 aromatic rings. The van der Waals surface area contributed by atoms with Crippen LogP contribution in [0.2, 0.25) is 0 Å². The Bertz CT molecular complexity index is 519. The largest absolute Gasteiger partial charge is 0.297 e. The fraction of sp³-hybridized carbons (Fsp3) is 0.188. The zero-order valence-corrected chi connectivity index (χ0v) is 10.6. The van der Waals surface area contributed by atoms with E-state index < -0.39 is 0 Å². The third-order valence-corrected chi connectivity index (χ3v) is 2.83. The van der Waals surface area contributed by atoms with Crippen molar-refractivity contribution in [2.24, 2.45) is 0 Å². The first-order valence-electron chi connectivity index (χ1n) is 6.23. The third-order valence-electron chi connectivity index (χ3n) is 2.83. The molecule has 0 saturated carbocycles. The summed E-state index contributed by atoms with van der Waals surface area (Å²) >= 11 is 0. The predicted octanol–water partition coefficient (Wildman–Crippen LogP) is 3.02. The van der Waals surface area contributed by atoms with Crippen LogP contribution in [0, 0.1) is 11.3 Å². The molecule has 0 bridgehead atoms. The third kappa shape index (κ3) is 4.22. The second-order valence-corrected chi connectivity index (χ2v) is 4.22. The Kier molecular flexibility index (Phi) is 5.12. The molecular weight excluding hydrogens is 236 g/mol. The van der Waals surface area contributed by atoms with E-state index in [9.17, 15) is 0 Å². The summed E-state index contributed by atoms with van der Waals surface area (Å²) in [5.41, 5.74) is 4.96. The Labute approximate surface area is 113 Å². The Morgan fingerprint density at radius 1 is 1.00 bits per heavy atom. The molecule has 0 amide bonds. The molecule has 2 aromatic carbocycles. The average molecular weight is 252 g/mol. The van der Waals surface area contributed by atoms with Crippen molar-refractivity contribution in [2.45, 2.75) is 12.5 Å². The molecule has 0 saturated heterocycles. The molecule has 0 heterocycles. The second-order valence-electron chi connectivity index (χ2n) is 4.22. The van der Waals surface area contributed by atoms with Crippen LogP contribution in [0.1, 0.15) is 17.0 Å². The number of hydrogen-bond donors (Lipinski definition) is 1. The minimum Gasteiger partial charge on any atom is -0.297 e. The number of nitrogens with one attached hydrogen (secondary N) is 1. The fourth-order valence-electron chi connectivity index (χ4n) is 1.77. The van der Waals surface area contributed by atoms with Crippen molar-refractivity contribution >= 4 is 0 Å². The van der Waals surface area contributed by atoms with Gasteiger partial charge in [-0.05, 0) is 11.1 Å². The summed E-state index contributed by atoms with van der Waals surface area (Å²) in [4.78, 5) is 5.37. The molecule has 0 aliphatic carbocycles. The van der Waals surface area contributed by atoms with Crippen molar-refractivity contribution in [2.75, 3.05) is 6.54 Å². The molecule has 0 radical (unpaired) electrons. The highest BCUT2D eigenvalue weighted by Crippen LogP contribution is 2.13. The average Bonchev–Trinajstić information content (AvgIpc) is 2.49. The highest BCUT2D eigenvalue weighted by atomic mass is 16.6. The van der Waals surface area contributed by atoms with Crippen LogP contribution in [0.15, 0.2) is 60.7 Å². The molecule has 0 fully saturated rings. The van der Waals surface area contributed by atoms with E-state index in [1.807, 2.05) is 60.7 Å². The standard InChI is InChI=1S/C16H16N2O/c17-11-16(15-9-5-2-6-10-15)12-18-19-13-14-7-3-1-4-8-14/h1-10,16,18H,12-13H2. The van der Waals surface area contributed by atoms with Crippen molar-refractivity contribution in [3.63, 3.8) is 0 Å². The first kappa shape index (κ1) is 13.3. The van der Waals surface area contributed by atoms with Crippen molar-refractivity contribution in [1.82, 2.24) is 5.48 Å². The van der Waals surface area contributed by atoms with E-state index in [0.29, 0.717) is 13.2 Å². The quantitative estimate of drug-likeness (QED) is 0.635. The van der Waals surface area contributed by atoms with Crippen molar-refractivity contribution in [1.29, 1.82) is 5.26 Å². The van der Waals surface area contributed by atoms with Gasteiger partial charge >= 0.3 is 0 Å². The topological polar surface area (TPSA) is 45.0 Å². The van der Waals surface area contributed by atoms with Crippen LogP contribution >= 0.6 is 0 Å². The van der Waals surface area contributed by atoms with E-state index in [-0.39, 0.29) is 5.92 Å². The van der Waals surface area contributed by atoms with Gasteiger partial charge in [0.2, 0.25) is 0 Å². The molecule has 0 aromatic heterocycles. The summed E-state index contributed by atoms with van der Waals surface area (Å²) < 4.78 is 0. The lowest BCUT2D eigenvalue weighted by Gasteiger charge is -2.11. The summed E-state index contributed by atoms with van der Waals surface area (Å²) in [6.45, 7) is 0.973. The lowest BCUT2D eigenvalue weighted by Crippen LogP contribution is -2.21. The number of hydroxylamine groups is 1. The summed E-state index contributed by atoms with van der Waals surface area (Å²) in [6.07, 6.45) is 0.